The molecule has 1 unspecified atom stereocenters. The number of anilines is 3. The lowest BCUT2D eigenvalue weighted by atomic mass is 10.1. The molecular formula is C18H14Cl2F2N5O2S-. The highest BCUT2D eigenvalue weighted by Gasteiger charge is 2.15. The lowest BCUT2D eigenvalue weighted by Gasteiger charge is -2.21. The number of hydrogen-bond donors (Lipinski definition) is 2. The van der Waals surface area contributed by atoms with Gasteiger partial charge < -0.3 is 9.87 Å². The van der Waals surface area contributed by atoms with Crippen molar-refractivity contribution in [3.8, 4) is 0 Å². The van der Waals surface area contributed by atoms with Crippen molar-refractivity contribution in [2.75, 3.05) is 17.8 Å². The number of nitrogens with one attached hydrogen (secondary N) is 2. The Hall–Kier alpha value is -2.37. The molecule has 1 aromatic carbocycles. The highest BCUT2D eigenvalue weighted by Crippen LogP contribution is 2.31. The summed E-state index contributed by atoms with van der Waals surface area (Å²) in [6, 6.07) is 5.56. The third-order valence-electron chi connectivity index (χ3n) is 3.99. The summed E-state index contributed by atoms with van der Waals surface area (Å²) >= 11 is 9.56. The van der Waals surface area contributed by atoms with E-state index in [-0.39, 0.29) is 33.5 Å². The first-order valence-corrected chi connectivity index (χ1v) is 10.1. The maximum atomic E-state index is 14.8. The Morgan fingerprint density at radius 2 is 1.93 bits per heavy atom. The summed E-state index contributed by atoms with van der Waals surface area (Å²) < 4.78 is 51.3. The van der Waals surface area contributed by atoms with Gasteiger partial charge in [0.1, 0.15) is 5.82 Å². The number of aromatic nitrogens is 2. The van der Waals surface area contributed by atoms with Crippen molar-refractivity contribution in [3.63, 3.8) is 0 Å². The molecular weight excluding hydrogens is 459 g/mol. The van der Waals surface area contributed by atoms with Crippen LogP contribution in [0.1, 0.15) is 11.1 Å². The van der Waals surface area contributed by atoms with E-state index in [2.05, 4.69) is 20.7 Å². The first-order chi connectivity index (χ1) is 14.3. The van der Waals surface area contributed by atoms with Crippen LogP contribution in [0, 0.1) is 11.6 Å². The number of halogens is 4. The van der Waals surface area contributed by atoms with E-state index in [1.54, 1.807) is 0 Å². The predicted octanol–water partition coefficient (Wildman–Crippen LogP) is 4.45. The Balaban J connectivity index is 1.86. The van der Waals surface area contributed by atoms with Crippen LogP contribution in [0.2, 0.25) is 10.0 Å². The van der Waals surface area contributed by atoms with Crippen LogP contribution in [0.4, 0.5) is 26.0 Å². The van der Waals surface area contributed by atoms with Gasteiger partial charge in [-0.1, -0.05) is 23.2 Å². The van der Waals surface area contributed by atoms with E-state index in [9.17, 15) is 17.5 Å². The molecule has 2 N–H and O–H groups in total. The van der Waals surface area contributed by atoms with Gasteiger partial charge >= 0.3 is 0 Å². The first-order valence-electron chi connectivity index (χ1n) is 8.34. The average molecular weight is 473 g/mol. The Morgan fingerprint density at radius 3 is 2.63 bits per heavy atom. The van der Waals surface area contributed by atoms with Crippen molar-refractivity contribution in [2.24, 2.45) is 0 Å². The summed E-state index contributed by atoms with van der Waals surface area (Å²) in [4.78, 5) is 7.87. The van der Waals surface area contributed by atoms with Gasteiger partial charge in [0.05, 0.1) is 22.6 Å². The number of rotatable bonds is 7. The molecule has 1 atom stereocenters. The van der Waals surface area contributed by atoms with Gasteiger partial charge in [-0.3, -0.25) is 14.6 Å². The van der Waals surface area contributed by atoms with Crippen LogP contribution in [-0.2, 0) is 17.7 Å². The number of benzene rings is 1. The van der Waals surface area contributed by atoms with Gasteiger partial charge in [0.15, 0.2) is 11.6 Å². The van der Waals surface area contributed by atoms with E-state index >= 15 is 0 Å². The normalized spacial score (nSPS) is 12.1. The molecule has 0 saturated heterocycles. The second-order valence-corrected chi connectivity index (χ2v) is 7.84. The minimum Gasteiger partial charge on any atom is -0.758 e. The zero-order valence-electron chi connectivity index (χ0n) is 15.3. The molecule has 12 heteroatoms. The van der Waals surface area contributed by atoms with Crippen molar-refractivity contribution >= 4 is 51.7 Å². The van der Waals surface area contributed by atoms with Crippen molar-refractivity contribution in [2.45, 2.75) is 6.42 Å². The fourth-order valence-corrected chi connectivity index (χ4v) is 3.06. The van der Waals surface area contributed by atoms with Crippen molar-refractivity contribution < 1.29 is 17.5 Å². The topological polar surface area (TPSA) is 93.2 Å². The highest BCUT2D eigenvalue weighted by atomic mass is 35.5. The molecule has 0 fully saturated rings. The van der Waals surface area contributed by atoms with Crippen molar-refractivity contribution in [3.05, 3.63) is 75.7 Å². The molecule has 3 rings (SSSR count). The summed E-state index contributed by atoms with van der Waals surface area (Å²) in [5.74, 6) is -1.58. The van der Waals surface area contributed by atoms with E-state index in [4.69, 9.17) is 23.2 Å². The van der Waals surface area contributed by atoms with Gasteiger partial charge in [-0.15, -0.1) is 0 Å². The summed E-state index contributed by atoms with van der Waals surface area (Å²) in [6.07, 6.45) is 4.23. The van der Waals surface area contributed by atoms with Crippen molar-refractivity contribution in [1.29, 1.82) is 0 Å². The van der Waals surface area contributed by atoms with Gasteiger partial charge in [-0.2, -0.15) is 4.41 Å². The minimum atomic E-state index is -2.61. The van der Waals surface area contributed by atoms with Gasteiger partial charge in [0, 0.05) is 42.2 Å². The van der Waals surface area contributed by atoms with Gasteiger partial charge in [-0.25, -0.2) is 13.8 Å². The maximum absolute atomic E-state index is 14.8. The smallest absolute Gasteiger partial charge is 0.177 e. The SMILES string of the molecule is CN(Nc1nccc(Cc2cncc(Nc3ccc(Cl)cc3F)c2Cl)c1F)S(=O)[O-]. The van der Waals surface area contributed by atoms with Crippen LogP contribution in [-0.4, -0.2) is 30.2 Å². The lowest BCUT2D eigenvalue weighted by molar-refractivity contribution is 0.464. The molecule has 2 heterocycles. The fourth-order valence-electron chi connectivity index (χ4n) is 2.52. The summed E-state index contributed by atoms with van der Waals surface area (Å²) in [7, 11) is 1.20. The second-order valence-electron chi connectivity index (χ2n) is 6.05. The van der Waals surface area contributed by atoms with Gasteiger partial charge in [0.25, 0.3) is 0 Å². The molecule has 0 bridgehead atoms. The van der Waals surface area contributed by atoms with Crippen LogP contribution in [0.3, 0.4) is 0 Å². The number of hydrazine groups is 1. The minimum absolute atomic E-state index is 0.0394. The molecule has 30 heavy (non-hydrogen) atoms. The molecule has 0 aliphatic rings. The Morgan fingerprint density at radius 1 is 1.17 bits per heavy atom. The Bertz CT molecular complexity index is 1110. The van der Waals surface area contributed by atoms with Crippen LogP contribution in [0.15, 0.2) is 42.9 Å². The molecule has 0 radical (unpaired) electrons. The van der Waals surface area contributed by atoms with Crippen molar-refractivity contribution in [1.82, 2.24) is 14.4 Å². The van der Waals surface area contributed by atoms with E-state index in [0.717, 1.165) is 6.07 Å². The Labute approximate surface area is 183 Å². The highest BCUT2D eigenvalue weighted by molar-refractivity contribution is 7.76. The zero-order valence-corrected chi connectivity index (χ0v) is 17.7. The fraction of sp³-hybridized carbons (Fsp3) is 0.111. The average Bonchev–Trinajstić information content (AvgIpc) is 2.69. The molecule has 2 aromatic heterocycles. The first kappa shape index (κ1) is 22.3. The molecule has 0 aliphatic heterocycles. The molecule has 7 nitrogen and oxygen atoms in total. The predicted molar refractivity (Wildman–Crippen MR) is 111 cm³/mol. The monoisotopic (exact) mass is 472 g/mol. The Kier molecular flexibility index (Phi) is 7.16. The van der Waals surface area contributed by atoms with Crippen LogP contribution in [0.5, 0.6) is 0 Å². The summed E-state index contributed by atoms with van der Waals surface area (Å²) in [5, 5.41) is 3.31. The number of nitrogens with zero attached hydrogens (tertiary/aromatic N) is 3. The van der Waals surface area contributed by atoms with Crippen LogP contribution < -0.4 is 10.7 Å². The molecule has 3 aromatic rings. The molecule has 0 amide bonds. The van der Waals surface area contributed by atoms with E-state index in [1.165, 1.54) is 43.8 Å². The molecule has 158 valence electrons. The third-order valence-corrected chi connectivity index (χ3v) is 5.21. The van der Waals surface area contributed by atoms with E-state index in [0.29, 0.717) is 15.7 Å². The quantitative estimate of drug-likeness (QED) is 0.389. The van der Waals surface area contributed by atoms with Gasteiger partial charge in [0.2, 0.25) is 0 Å². The van der Waals surface area contributed by atoms with Crippen LogP contribution >= 0.6 is 23.2 Å². The summed E-state index contributed by atoms with van der Waals surface area (Å²) in [5.41, 5.74) is 3.47. The zero-order chi connectivity index (χ0) is 21.8. The van der Waals surface area contributed by atoms with Gasteiger partial charge in [-0.05, 0) is 35.4 Å². The summed E-state index contributed by atoms with van der Waals surface area (Å²) in [6.45, 7) is 0. The largest absolute Gasteiger partial charge is 0.758 e. The lowest BCUT2D eigenvalue weighted by Crippen LogP contribution is -2.28. The van der Waals surface area contributed by atoms with Crippen LogP contribution in [0.25, 0.3) is 0 Å². The molecule has 0 aliphatic carbocycles. The third kappa shape index (κ3) is 5.21. The second kappa shape index (κ2) is 9.63. The standard InChI is InChI=1S/C18H15Cl2F2N5O2S/c1-27(30(28)29)26-18-17(22)10(4-5-24-18)6-11-8-23-9-15(16(11)20)25-14-3-2-12(19)7-13(14)21/h2-5,7-9,25H,6H2,1H3,(H,24,26)(H,28,29)/p-1. The van der Waals surface area contributed by atoms with E-state index < -0.39 is 22.9 Å². The number of hydrogen-bond acceptors (Lipinski definition) is 6. The van der Waals surface area contributed by atoms with E-state index in [1.807, 2.05) is 0 Å². The maximum Gasteiger partial charge on any atom is 0.177 e. The number of pyridine rings is 2. The molecule has 0 saturated carbocycles. The molecule has 0 spiro atoms.